The van der Waals surface area contributed by atoms with E-state index in [9.17, 15) is 4.79 Å². The molecule has 2 rings (SSSR count). The van der Waals surface area contributed by atoms with Gasteiger partial charge in [0.25, 0.3) is 0 Å². The van der Waals surface area contributed by atoms with E-state index < -0.39 is 0 Å². The molecule has 8 heteroatoms. The molecule has 124 valence electrons. The van der Waals surface area contributed by atoms with Gasteiger partial charge in [0.1, 0.15) is 0 Å². The van der Waals surface area contributed by atoms with Gasteiger partial charge in [0.2, 0.25) is 5.91 Å². The zero-order valence-electron chi connectivity index (χ0n) is 13.4. The van der Waals surface area contributed by atoms with E-state index in [1.165, 1.54) is 19.3 Å². The molecule has 8 nitrogen and oxygen atoms in total. The SMILES string of the molecule is COCCN(C)CC(=O)NC(c1nn[nH]n1)C1CCCCC1. The van der Waals surface area contributed by atoms with Gasteiger partial charge in [-0.25, -0.2) is 0 Å². The summed E-state index contributed by atoms with van der Waals surface area (Å²) in [6.07, 6.45) is 5.85. The lowest BCUT2D eigenvalue weighted by molar-refractivity contribution is -0.123. The summed E-state index contributed by atoms with van der Waals surface area (Å²) in [5.74, 6) is 0.957. The molecule has 1 heterocycles. The number of amides is 1. The number of likely N-dealkylation sites (N-methyl/N-ethyl adjacent to an activating group) is 1. The number of aromatic amines is 1. The monoisotopic (exact) mass is 310 g/mol. The minimum atomic E-state index is -0.151. The number of ether oxygens (including phenoxy) is 1. The topological polar surface area (TPSA) is 96.0 Å². The number of carbonyl (C=O) groups is 1. The van der Waals surface area contributed by atoms with Crippen molar-refractivity contribution in [3.05, 3.63) is 5.82 Å². The molecule has 1 aromatic heterocycles. The minimum Gasteiger partial charge on any atom is -0.383 e. The third kappa shape index (κ3) is 5.03. The number of aromatic nitrogens is 4. The largest absolute Gasteiger partial charge is 0.383 e. The zero-order valence-corrected chi connectivity index (χ0v) is 13.4. The number of nitrogens with one attached hydrogen (secondary N) is 2. The summed E-state index contributed by atoms with van der Waals surface area (Å²) in [6, 6.07) is -0.151. The van der Waals surface area contributed by atoms with Crippen LogP contribution in [0.25, 0.3) is 0 Å². The maximum atomic E-state index is 12.3. The standard InChI is InChI=1S/C14H26N6O2/c1-20(8-9-22-2)10-12(21)15-13(14-16-18-19-17-14)11-6-4-3-5-7-11/h11,13H,3-10H2,1-2H3,(H,15,21)(H,16,17,18,19). The van der Waals surface area contributed by atoms with Crippen molar-refractivity contribution in [1.29, 1.82) is 0 Å². The number of rotatable bonds is 8. The number of H-pyrrole nitrogens is 1. The molecule has 0 spiro atoms. The summed E-state index contributed by atoms with van der Waals surface area (Å²) in [5, 5.41) is 17.4. The Morgan fingerprint density at radius 2 is 2.23 bits per heavy atom. The Bertz CT molecular complexity index is 433. The second kappa shape index (κ2) is 8.79. The van der Waals surface area contributed by atoms with Gasteiger partial charge in [-0.2, -0.15) is 5.21 Å². The number of carbonyl (C=O) groups excluding carboxylic acids is 1. The number of hydrogen-bond acceptors (Lipinski definition) is 6. The predicted octanol–water partition coefficient (Wildman–Crippen LogP) is 0.516. The van der Waals surface area contributed by atoms with E-state index in [0.29, 0.717) is 24.9 Å². The van der Waals surface area contributed by atoms with Crippen LogP contribution in [0.4, 0.5) is 0 Å². The highest BCUT2D eigenvalue weighted by Gasteiger charge is 2.29. The average molecular weight is 310 g/mol. The highest BCUT2D eigenvalue weighted by molar-refractivity contribution is 5.78. The lowest BCUT2D eigenvalue weighted by Crippen LogP contribution is -2.41. The third-order valence-corrected chi connectivity index (χ3v) is 4.17. The van der Waals surface area contributed by atoms with E-state index in [1.54, 1.807) is 7.11 Å². The van der Waals surface area contributed by atoms with Crippen LogP contribution in [0.1, 0.15) is 44.0 Å². The van der Waals surface area contributed by atoms with Crippen LogP contribution in [0.15, 0.2) is 0 Å². The van der Waals surface area contributed by atoms with Gasteiger partial charge in [-0.1, -0.05) is 24.5 Å². The second-order valence-corrected chi connectivity index (χ2v) is 5.94. The van der Waals surface area contributed by atoms with Crippen molar-refractivity contribution >= 4 is 5.91 Å². The van der Waals surface area contributed by atoms with Crippen LogP contribution in [0.3, 0.4) is 0 Å². The van der Waals surface area contributed by atoms with Gasteiger partial charge in [-0.05, 0) is 25.8 Å². The highest BCUT2D eigenvalue weighted by atomic mass is 16.5. The number of hydrogen-bond donors (Lipinski definition) is 2. The summed E-state index contributed by atoms with van der Waals surface area (Å²) >= 11 is 0. The third-order valence-electron chi connectivity index (χ3n) is 4.17. The van der Waals surface area contributed by atoms with Crippen LogP contribution < -0.4 is 5.32 Å². The Morgan fingerprint density at radius 1 is 1.45 bits per heavy atom. The van der Waals surface area contributed by atoms with Gasteiger partial charge < -0.3 is 10.1 Å². The Kier molecular flexibility index (Phi) is 6.73. The lowest BCUT2D eigenvalue weighted by Gasteiger charge is -2.29. The molecule has 0 aromatic carbocycles. The fourth-order valence-corrected chi connectivity index (χ4v) is 2.95. The van der Waals surface area contributed by atoms with Crippen molar-refractivity contribution in [3.63, 3.8) is 0 Å². The average Bonchev–Trinajstić information content (AvgIpc) is 3.05. The normalized spacial score (nSPS) is 17.6. The van der Waals surface area contributed by atoms with E-state index in [4.69, 9.17) is 4.74 Å². The Labute approximate surface area is 131 Å². The van der Waals surface area contributed by atoms with E-state index in [2.05, 4.69) is 25.9 Å². The first-order valence-corrected chi connectivity index (χ1v) is 7.91. The van der Waals surface area contributed by atoms with Crippen LogP contribution in [0.5, 0.6) is 0 Å². The first kappa shape index (κ1) is 16.8. The van der Waals surface area contributed by atoms with Crippen LogP contribution in [-0.2, 0) is 9.53 Å². The van der Waals surface area contributed by atoms with Gasteiger partial charge in [0.15, 0.2) is 5.82 Å². The van der Waals surface area contributed by atoms with Gasteiger partial charge in [0.05, 0.1) is 19.2 Å². The summed E-state index contributed by atoms with van der Waals surface area (Å²) in [4.78, 5) is 14.2. The molecule has 1 amide bonds. The molecule has 1 aliphatic rings. The fraction of sp³-hybridized carbons (Fsp3) is 0.857. The van der Waals surface area contributed by atoms with Crippen molar-refractivity contribution in [2.24, 2.45) is 5.92 Å². The Balaban J connectivity index is 1.92. The van der Waals surface area contributed by atoms with Crippen LogP contribution >= 0.6 is 0 Å². The molecule has 0 saturated heterocycles. The van der Waals surface area contributed by atoms with Crippen molar-refractivity contribution in [2.75, 3.05) is 33.9 Å². The van der Waals surface area contributed by atoms with Crippen LogP contribution in [0, 0.1) is 5.92 Å². The molecule has 1 aromatic rings. The van der Waals surface area contributed by atoms with Crippen molar-refractivity contribution < 1.29 is 9.53 Å². The summed E-state index contributed by atoms with van der Waals surface area (Å²) in [6.45, 7) is 1.67. The first-order chi connectivity index (χ1) is 10.7. The van der Waals surface area contributed by atoms with Gasteiger partial charge in [-0.3, -0.25) is 9.69 Å². The molecule has 1 saturated carbocycles. The molecular weight excluding hydrogens is 284 g/mol. The Hall–Kier alpha value is -1.54. The molecule has 1 fully saturated rings. The van der Waals surface area contributed by atoms with Crippen molar-refractivity contribution in [3.8, 4) is 0 Å². The Morgan fingerprint density at radius 3 is 2.86 bits per heavy atom. The highest BCUT2D eigenvalue weighted by Crippen LogP contribution is 2.32. The second-order valence-electron chi connectivity index (χ2n) is 5.94. The molecule has 22 heavy (non-hydrogen) atoms. The van der Waals surface area contributed by atoms with Gasteiger partial charge in [-0.15, -0.1) is 10.2 Å². The maximum absolute atomic E-state index is 12.3. The molecule has 0 bridgehead atoms. The lowest BCUT2D eigenvalue weighted by atomic mass is 9.83. The molecule has 1 aliphatic carbocycles. The van der Waals surface area contributed by atoms with E-state index in [1.807, 2.05) is 11.9 Å². The number of nitrogens with zero attached hydrogens (tertiary/aromatic N) is 4. The van der Waals surface area contributed by atoms with E-state index in [-0.39, 0.29) is 11.9 Å². The smallest absolute Gasteiger partial charge is 0.234 e. The van der Waals surface area contributed by atoms with Crippen LogP contribution in [-0.4, -0.2) is 65.3 Å². The van der Waals surface area contributed by atoms with Crippen molar-refractivity contribution in [1.82, 2.24) is 30.8 Å². The summed E-state index contributed by atoms with van der Waals surface area (Å²) < 4.78 is 5.02. The first-order valence-electron chi connectivity index (χ1n) is 7.91. The summed E-state index contributed by atoms with van der Waals surface area (Å²) in [5.41, 5.74) is 0. The maximum Gasteiger partial charge on any atom is 0.234 e. The van der Waals surface area contributed by atoms with E-state index >= 15 is 0 Å². The molecule has 2 N–H and O–H groups in total. The summed E-state index contributed by atoms with van der Waals surface area (Å²) in [7, 11) is 3.56. The number of methoxy groups -OCH3 is 1. The fourth-order valence-electron chi connectivity index (χ4n) is 2.95. The van der Waals surface area contributed by atoms with Gasteiger partial charge >= 0.3 is 0 Å². The predicted molar refractivity (Wildman–Crippen MR) is 81.0 cm³/mol. The quantitative estimate of drug-likeness (QED) is 0.726. The zero-order chi connectivity index (χ0) is 15.8. The van der Waals surface area contributed by atoms with Crippen LogP contribution in [0.2, 0.25) is 0 Å². The molecule has 0 radical (unpaired) electrons. The van der Waals surface area contributed by atoms with Gasteiger partial charge in [0, 0.05) is 13.7 Å². The van der Waals surface area contributed by atoms with Crippen molar-refractivity contribution in [2.45, 2.75) is 38.1 Å². The molecule has 1 unspecified atom stereocenters. The molecular formula is C14H26N6O2. The molecule has 1 atom stereocenters. The van der Waals surface area contributed by atoms with E-state index in [0.717, 1.165) is 19.4 Å². The molecule has 0 aliphatic heterocycles. The minimum absolute atomic E-state index is 0.0148. The number of tetrazole rings is 1.